The third kappa shape index (κ3) is 2.51. The number of nitrogens with one attached hydrogen (secondary N) is 1. The fourth-order valence-electron chi connectivity index (χ4n) is 3.59. The molecule has 0 spiro atoms. The van der Waals surface area contributed by atoms with Gasteiger partial charge in [-0.2, -0.15) is 0 Å². The van der Waals surface area contributed by atoms with Gasteiger partial charge in [0.05, 0.1) is 0 Å². The number of hydrogen-bond donors (Lipinski definition) is 1. The third-order valence-corrected chi connectivity index (χ3v) is 4.86. The lowest BCUT2D eigenvalue weighted by Crippen LogP contribution is -2.40. The highest BCUT2D eigenvalue weighted by Crippen LogP contribution is 2.37. The molecule has 1 atom stereocenters. The minimum Gasteiger partial charge on any atom is -0.485 e. The van der Waals surface area contributed by atoms with Crippen LogP contribution in [-0.2, 0) is 11.2 Å². The summed E-state index contributed by atoms with van der Waals surface area (Å²) in [7, 11) is 0. The molecule has 0 fully saturated rings. The predicted octanol–water partition coefficient (Wildman–Crippen LogP) is 4.04. The highest BCUT2D eigenvalue weighted by Gasteiger charge is 2.27. The Balaban J connectivity index is 1.33. The fraction of sp³-hybridized carbons (Fsp3) is 0.136. The molecule has 1 N–H and O–H groups in total. The molecule has 0 bridgehead atoms. The van der Waals surface area contributed by atoms with E-state index in [2.05, 4.69) is 35.6 Å². The summed E-state index contributed by atoms with van der Waals surface area (Å²) < 4.78 is 11.4. The molecule has 0 aromatic heterocycles. The van der Waals surface area contributed by atoms with E-state index in [0.29, 0.717) is 11.5 Å². The molecule has 1 heterocycles. The number of fused-ring (bicyclic) bond motifs is 4. The summed E-state index contributed by atoms with van der Waals surface area (Å²) in [5.74, 6) is 1.07. The van der Waals surface area contributed by atoms with Crippen LogP contribution in [0.3, 0.4) is 0 Å². The number of rotatable bonds is 2. The maximum Gasteiger partial charge on any atom is 0.269 e. The van der Waals surface area contributed by atoms with Crippen molar-refractivity contribution in [2.45, 2.75) is 12.5 Å². The normalized spacial score (nSPS) is 16.5. The maximum absolute atomic E-state index is 12.6. The van der Waals surface area contributed by atoms with Crippen molar-refractivity contribution in [2.75, 3.05) is 11.9 Å². The van der Waals surface area contributed by atoms with E-state index in [1.807, 2.05) is 30.3 Å². The molecule has 2 aliphatic rings. The van der Waals surface area contributed by atoms with Gasteiger partial charge in [-0.25, -0.2) is 0 Å². The number of benzene rings is 3. The van der Waals surface area contributed by atoms with Crippen LogP contribution in [0.1, 0.15) is 11.1 Å². The molecule has 1 aliphatic carbocycles. The number of para-hydroxylation sites is 2. The van der Waals surface area contributed by atoms with Crippen LogP contribution >= 0.6 is 0 Å². The smallest absolute Gasteiger partial charge is 0.269 e. The van der Waals surface area contributed by atoms with Crippen molar-refractivity contribution in [2.24, 2.45) is 0 Å². The van der Waals surface area contributed by atoms with Crippen molar-refractivity contribution in [3.8, 4) is 22.6 Å². The third-order valence-electron chi connectivity index (χ3n) is 4.86. The first-order valence-electron chi connectivity index (χ1n) is 8.68. The van der Waals surface area contributed by atoms with Crippen LogP contribution in [0.5, 0.6) is 11.5 Å². The Morgan fingerprint density at radius 3 is 2.58 bits per heavy atom. The Morgan fingerprint density at radius 1 is 0.885 bits per heavy atom. The molecule has 1 amide bonds. The Hall–Kier alpha value is -3.27. The van der Waals surface area contributed by atoms with Crippen molar-refractivity contribution < 1.29 is 14.3 Å². The number of carbonyl (C=O) groups excluding carboxylic acids is 1. The lowest BCUT2D eigenvalue weighted by Gasteiger charge is -2.25. The standard InChI is InChI=1S/C22H17NO3/c24-22(21-13-25-19-7-3-4-8-20(19)26-21)23-16-9-10-18-15(12-16)11-14-5-1-2-6-17(14)18/h1-10,12,21H,11,13H2,(H,23,24). The van der Waals surface area contributed by atoms with Crippen LogP contribution in [0.2, 0.25) is 0 Å². The summed E-state index contributed by atoms with van der Waals surface area (Å²) in [6, 6.07) is 21.9. The van der Waals surface area contributed by atoms with Crippen LogP contribution in [0.25, 0.3) is 11.1 Å². The first-order valence-corrected chi connectivity index (χ1v) is 8.68. The lowest BCUT2D eigenvalue weighted by molar-refractivity contribution is -0.125. The largest absolute Gasteiger partial charge is 0.485 e. The van der Waals surface area contributed by atoms with E-state index in [4.69, 9.17) is 9.47 Å². The van der Waals surface area contributed by atoms with E-state index >= 15 is 0 Å². The van der Waals surface area contributed by atoms with Gasteiger partial charge in [0.2, 0.25) is 6.10 Å². The van der Waals surface area contributed by atoms with Gasteiger partial charge >= 0.3 is 0 Å². The average molecular weight is 343 g/mol. The molecule has 5 rings (SSSR count). The summed E-state index contributed by atoms with van der Waals surface area (Å²) in [6.45, 7) is 0.208. The van der Waals surface area contributed by atoms with Crippen LogP contribution in [-0.4, -0.2) is 18.6 Å². The molecule has 128 valence electrons. The average Bonchev–Trinajstić information content (AvgIpc) is 3.05. The molecule has 26 heavy (non-hydrogen) atoms. The molecule has 3 aromatic carbocycles. The van der Waals surface area contributed by atoms with Gasteiger partial charge in [0, 0.05) is 5.69 Å². The highest BCUT2D eigenvalue weighted by molar-refractivity contribution is 5.95. The number of carbonyl (C=O) groups is 1. The molecule has 0 saturated carbocycles. The first kappa shape index (κ1) is 15.0. The molecule has 1 aliphatic heterocycles. The number of amides is 1. The Bertz CT molecular complexity index is 1010. The zero-order chi connectivity index (χ0) is 17.5. The van der Waals surface area contributed by atoms with Crippen molar-refractivity contribution in [1.82, 2.24) is 0 Å². The zero-order valence-corrected chi connectivity index (χ0v) is 14.1. The minimum atomic E-state index is -0.657. The maximum atomic E-state index is 12.6. The summed E-state index contributed by atoms with van der Waals surface area (Å²) >= 11 is 0. The van der Waals surface area contributed by atoms with Gasteiger partial charge in [-0.05, 0) is 52.9 Å². The van der Waals surface area contributed by atoms with Crippen LogP contribution in [0.4, 0.5) is 5.69 Å². The van der Waals surface area contributed by atoms with Gasteiger partial charge in [0.1, 0.15) is 6.61 Å². The molecule has 3 aromatic rings. The van der Waals surface area contributed by atoms with E-state index in [1.165, 1.54) is 22.3 Å². The van der Waals surface area contributed by atoms with E-state index < -0.39 is 6.10 Å². The van der Waals surface area contributed by atoms with E-state index in [9.17, 15) is 4.79 Å². The van der Waals surface area contributed by atoms with Gasteiger partial charge in [-0.15, -0.1) is 0 Å². The quantitative estimate of drug-likeness (QED) is 0.598. The van der Waals surface area contributed by atoms with Crippen molar-refractivity contribution in [3.63, 3.8) is 0 Å². The van der Waals surface area contributed by atoms with E-state index in [1.54, 1.807) is 6.07 Å². The summed E-state index contributed by atoms with van der Waals surface area (Å²) in [4.78, 5) is 12.6. The predicted molar refractivity (Wildman–Crippen MR) is 99.7 cm³/mol. The van der Waals surface area contributed by atoms with Gasteiger partial charge in [-0.3, -0.25) is 4.79 Å². The van der Waals surface area contributed by atoms with Crippen LogP contribution in [0.15, 0.2) is 66.7 Å². The second-order valence-electron chi connectivity index (χ2n) is 6.56. The van der Waals surface area contributed by atoms with Gasteiger partial charge in [0.25, 0.3) is 5.91 Å². The van der Waals surface area contributed by atoms with E-state index in [0.717, 1.165) is 12.1 Å². The van der Waals surface area contributed by atoms with Gasteiger partial charge < -0.3 is 14.8 Å². The zero-order valence-electron chi connectivity index (χ0n) is 14.1. The first-order chi connectivity index (χ1) is 12.8. The lowest BCUT2D eigenvalue weighted by atomic mass is 10.1. The van der Waals surface area contributed by atoms with Crippen molar-refractivity contribution in [3.05, 3.63) is 77.9 Å². The highest BCUT2D eigenvalue weighted by atomic mass is 16.6. The van der Waals surface area contributed by atoms with Gasteiger partial charge in [-0.1, -0.05) is 42.5 Å². The summed E-state index contributed by atoms with van der Waals surface area (Å²) in [5, 5.41) is 2.95. The van der Waals surface area contributed by atoms with Crippen LogP contribution in [0, 0.1) is 0 Å². The SMILES string of the molecule is O=C(Nc1ccc2c(c1)Cc1ccccc1-2)C1COc2ccccc2O1. The summed E-state index contributed by atoms with van der Waals surface area (Å²) in [5.41, 5.74) is 5.86. The number of hydrogen-bond acceptors (Lipinski definition) is 3. The monoisotopic (exact) mass is 343 g/mol. The number of ether oxygens (including phenoxy) is 2. The minimum absolute atomic E-state index is 0.199. The number of anilines is 1. The molecule has 4 nitrogen and oxygen atoms in total. The topological polar surface area (TPSA) is 47.6 Å². The Kier molecular flexibility index (Phi) is 3.42. The van der Waals surface area contributed by atoms with Crippen molar-refractivity contribution in [1.29, 1.82) is 0 Å². The van der Waals surface area contributed by atoms with Crippen molar-refractivity contribution >= 4 is 11.6 Å². The second-order valence-corrected chi connectivity index (χ2v) is 6.56. The fourth-order valence-corrected chi connectivity index (χ4v) is 3.59. The molecule has 0 saturated heterocycles. The molecule has 4 heteroatoms. The van der Waals surface area contributed by atoms with Gasteiger partial charge in [0.15, 0.2) is 11.5 Å². The molecular formula is C22H17NO3. The summed E-state index contributed by atoms with van der Waals surface area (Å²) in [6.07, 6.45) is 0.237. The van der Waals surface area contributed by atoms with E-state index in [-0.39, 0.29) is 12.5 Å². The Labute approximate surface area is 151 Å². The second kappa shape index (κ2) is 5.92. The molecule has 0 radical (unpaired) electrons. The molecule has 1 unspecified atom stereocenters. The Morgan fingerprint density at radius 2 is 1.65 bits per heavy atom. The van der Waals surface area contributed by atoms with Crippen LogP contribution < -0.4 is 14.8 Å². The molecular weight excluding hydrogens is 326 g/mol.